The maximum absolute atomic E-state index is 11.6. The largest absolute Gasteiger partial charge is 1.00 e. The number of hydrogen-bond donors (Lipinski definition) is 0. The van der Waals surface area contributed by atoms with Gasteiger partial charge in [0.2, 0.25) is 5.39 Å². The lowest BCUT2D eigenvalue weighted by atomic mass is 10.2. The number of esters is 1. The van der Waals surface area contributed by atoms with E-state index in [1.54, 1.807) is 24.3 Å². The van der Waals surface area contributed by atoms with Gasteiger partial charge in [0, 0.05) is 12.0 Å². The zero-order valence-electron chi connectivity index (χ0n) is 9.47. The van der Waals surface area contributed by atoms with Gasteiger partial charge in [0.15, 0.2) is 10.5 Å². The molecule has 0 bridgehead atoms. The van der Waals surface area contributed by atoms with Gasteiger partial charge in [-0.25, -0.2) is 4.79 Å². The molecule has 0 saturated carbocycles. The smallest absolute Gasteiger partial charge is 0.399 e. The lowest BCUT2D eigenvalue weighted by Gasteiger charge is -2.06. The van der Waals surface area contributed by atoms with Crippen LogP contribution in [0.2, 0.25) is 0 Å². The highest BCUT2D eigenvalue weighted by Gasteiger charge is 2.20. The quantitative estimate of drug-likeness (QED) is 0.436. The first-order valence-corrected chi connectivity index (χ1v) is 4.93. The third-order valence-corrected chi connectivity index (χ3v) is 2.11. The zero-order chi connectivity index (χ0) is 12.0. The molecule has 1 aromatic rings. The number of halogens is 1. The molecule has 17 heavy (non-hydrogen) atoms. The fourth-order valence-corrected chi connectivity index (χ4v) is 1.09. The number of hydrogen-bond acceptors (Lipinski definition) is 3. The number of diazo groups is 1. The van der Waals surface area contributed by atoms with Crippen molar-refractivity contribution in [3.05, 3.63) is 47.5 Å². The van der Waals surface area contributed by atoms with Crippen LogP contribution in [0.1, 0.15) is 17.3 Å². The van der Waals surface area contributed by atoms with Gasteiger partial charge in [-0.3, -0.25) is 0 Å². The monoisotopic (exact) mass is 252 g/mol. The molecule has 0 amide bonds. The number of ether oxygens (including phenoxy) is 1. The highest BCUT2D eigenvalue weighted by atomic mass is 35.5. The van der Waals surface area contributed by atoms with E-state index in [0.29, 0.717) is 0 Å². The fourth-order valence-electron chi connectivity index (χ4n) is 1.09. The van der Waals surface area contributed by atoms with Gasteiger partial charge in [-0.2, -0.15) is 0 Å². The van der Waals surface area contributed by atoms with Crippen molar-refractivity contribution in [1.82, 2.24) is 0 Å². The van der Waals surface area contributed by atoms with Gasteiger partial charge < -0.3 is 17.1 Å². The Labute approximate surface area is 106 Å². The Kier molecular flexibility index (Phi) is 6.61. The molecule has 90 valence electrons. The van der Waals surface area contributed by atoms with Crippen LogP contribution in [-0.4, -0.2) is 12.6 Å². The van der Waals surface area contributed by atoms with Gasteiger partial charge in [-0.1, -0.05) is 25.1 Å². The summed E-state index contributed by atoms with van der Waals surface area (Å²) in [5.74, 6) is -0.399. The summed E-state index contributed by atoms with van der Waals surface area (Å²) in [5, 5.41) is 8.69. The molecule has 1 rings (SSSR count). The summed E-state index contributed by atoms with van der Waals surface area (Å²) in [6.45, 7) is 5.75. The zero-order valence-corrected chi connectivity index (χ0v) is 10.2. The van der Waals surface area contributed by atoms with Gasteiger partial charge in [-0.15, -0.1) is 6.58 Å². The third-order valence-electron chi connectivity index (χ3n) is 2.11. The average Bonchev–Trinajstić information content (AvgIpc) is 2.35. The predicted molar refractivity (Wildman–Crippen MR) is 60.8 cm³/mol. The molecule has 0 N–H and O–H groups in total. The van der Waals surface area contributed by atoms with Crippen molar-refractivity contribution in [2.45, 2.75) is 6.92 Å². The first kappa shape index (κ1) is 15.1. The molecule has 0 radical (unpaired) electrons. The predicted octanol–water partition coefficient (Wildman–Crippen LogP) is 0.154. The van der Waals surface area contributed by atoms with Crippen LogP contribution in [0.5, 0.6) is 0 Å². The van der Waals surface area contributed by atoms with Crippen LogP contribution in [0.4, 0.5) is 5.69 Å². The van der Waals surface area contributed by atoms with Crippen LogP contribution >= 0.6 is 0 Å². The summed E-state index contributed by atoms with van der Waals surface area (Å²) < 4.78 is 5.04. The maximum Gasteiger partial charge on any atom is 0.399 e. The van der Waals surface area contributed by atoms with E-state index in [9.17, 15) is 4.79 Å². The second-order valence-corrected chi connectivity index (χ2v) is 3.43. The molecule has 0 aromatic heterocycles. The molecule has 0 fully saturated rings. The van der Waals surface area contributed by atoms with Crippen LogP contribution in [0.15, 0.2) is 36.9 Å². The number of carbonyl (C=O) groups excluding carboxylic acids is 1. The first-order valence-electron chi connectivity index (χ1n) is 4.93. The molecule has 0 aliphatic rings. The highest BCUT2D eigenvalue weighted by molar-refractivity contribution is 5.95. The topological polar surface area (TPSA) is 54.5 Å². The fraction of sp³-hybridized carbons (Fsp3) is 0.250. The Hall–Kier alpha value is -1.86. The molecular formula is C12H13ClN2O2. The highest BCUT2D eigenvalue weighted by Crippen LogP contribution is 2.19. The molecule has 1 atom stereocenters. The molecule has 0 aliphatic heterocycles. The molecule has 0 saturated heterocycles. The lowest BCUT2D eigenvalue weighted by molar-refractivity contribution is -0.0000220. The van der Waals surface area contributed by atoms with E-state index < -0.39 is 5.97 Å². The number of carbonyl (C=O) groups is 1. The van der Waals surface area contributed by atoms with Crippen molar-refractivity contribution in [2.75, 3.05) is 6.61 Å². The molecule has 1 unspecified atom stereocenters. The number of rotatable bonds is 4. The molecular weight excluding hydrogens is 240 g/mol. The van der Waals surface area contributed by atoms with Crippen LogP contribution in [0.25, 0.3) is 4.98 Å². The van der Waals surface area contributed by atoms with E-state index in [1.165, 1.54) is 6.07 Å². The molecule has 1 aromatic carbocycles. The van der Waals surface area contributed by atoms with Crippen LogP contribution in [-0.2, 0) is 4.74 Å². The summed E-state index contributed by atoms with van der Waals surface area (Å²) in [7, 11) is 0. The van der Waals surface area contributed by atoms with E-state index in [0.717, 1.165) is 0 Å². The molecule has 0 spiro atoms. The van der Waals surface area contributed by atoms with Crippen molar-refractivity contribution in [1.29, 1.82) is 5.39 Å². The Morgan fingerprint density at radius 2 is 2.24 bits per heavy atom. The van der Waals surface area contributed by atoms with Crippen LogP contribution < -0.4 is 12.4 Å². The van der Waals surface area contributed by atoms with Crippen LogP contribution in [0.3, 0.4) is 0 Å². The molecule has 4 nitrogen and oxygen atoms in total. The summed E-state index contributed by atoms with van der Waals surface area (Å²) in [6, 6.07) is 6.45. The minimum Gasteiger partial charge on any atom is -1.00 e. The summed E-state index contributed by atoms with van der Waals surface area (Å²) >= 11 is 0. The normalized spacial score (nSPS) is 10.6. The minimum absolute atomic E-state index is 0. The lowest BCUT2D eigenvalue weighted by Crippen LogP contribution is -3.00. The van der Waals surface area contributed by atoms with Crippen molar-refractivity contribution in [2.24, 2.45) is 5.92 Å². The first-order chi connectivity index (χ1) is 7.69. The van der Waals surface area contributed by atoms with Gasteiger partial charge in [0.1, 0.15) is 0 Å². The van der Waals surface area contributed by atoms with Gasteiger partial charge in [0.25, 0.3) is 0 Å². The molecule has 0 aliphatic carbocycles. The second kappa shape index (κ2) is 7.42. The Morgan fingerprint density at radius 3 is 2.82 bits per heavy atom. The maximum atomic E-state index is 11.6. The van der Waals surface area contributed by atoms with Gasteiger partial charge in [-0.05, 0) is 6.07 Å². The minimum atomic E-state index is -0.498. The Balaban J connectivity index is 0.00000256. The van der Waals surface area contributed by atoms with Crippen molar-refractivity contribution in [3.63, 3.8) is 0 Å². The van der Waals surface area contributed by atoms with Crippen LogP contribution in [0, 0.1) is 11.3 Å². The van der Waals surface area contributed by atoms with E-state index in [2.05, 4.69) is 11.6 Å². The SMILES string of the molecule is C=CC(C)COC(=O)c1ccccc1[N+]#N.[Cl-]. The standard InChI is InChI=1S/C12H13N2O2.ClH/c1-3-9(2)8-16-12(15)10-6-4-5-7-11(10)14-13;/h3-7,9H,1,8H2,2H3;1H/q+1;/p-1. The van der Waals surface area contributed by atoms with E-state index in [-0.39, 0.29) is 36.2 Å². The van der Waals surface area contributed by atoms with E-state index in [1.807, 2.05) is 6.92 Å². The second-order valence-electron chi connectivity index (χ2n) is 3.43. The summed E-state index contributed by atoms with van der Waals surface area (Å²) in [4.78, 5) is 14.6. The van der Waals surface area contributed by atoms with Gasteiger partial charge in [0.05, 0.1) is 6.61 Å². The molecule has 5 heteroatoms. The number of nitrogens with zero attached hydrogens (tertiary/aromatic N) is 2. The Morgan fingerprint density at radius 1 is 1.59 bits per heavy atom. The van der Waals surface area contributed by atoms with Crippen molar-refractivity contribution in [3.8, 4) is 0 Å². The van der Waals surface area contributed by atoms with Gasteiger partial charge >= 0.3 is 11.7 Å². The average molecular weight is 253 g/mol. The van der Waals surface area contributed by atoms with E-state index >= 15 is 0 Å². The number of benzene rings is 1. The van der Waals surface area contributed by atoms with E-state index in [4.69, 9.17) is 10.1 Å². The summed E-state index contributed by atoms with van der Waals surface area (Å²) in [5.41, 5.74) is 0.458. The summed E-state index contributed by atoms with van der Waals surface area (Å²) in [6.07, 6.45) is 1.70. The molecule has 0 heterocycles. The van der Waals surface area contributed by atoms with Crippen molar-refractivity contribution >= 4 is 11.7 Å². The Bertz CT molecular complexity index is 440. The van der Waals surface area contributed by atoms with Crippen molar-refractivity contribution < 1.29 is 21.9 Å². The third kappa shape index (κ3) is 4.25.